The minimum atomic E-state index is -0.995. The molecule has 26 heteroatoms. The molecular formula is C123H83Ir5N10O10S-5. The SMILES string of the molecule is O=C(O)c1cc2ccccc2cn1.O=C(O)c1ccc2ccccc2n1.O=C(O)c1nccc2ccccc12.O=C(O)c1nccc2ccccc12.O=C(O)c1nccc2ccccc12.[Ir].[Ir].[Ir].[Ir].[Ir].[c-]1cc2ccccc2cc1-c1ccc2ccccc2n1.[c-]1cc2ccccc2cc1-c1ccccn1.[c-]1cc2ccccc2cc1-c1ccccn1.[c-]1cc2ccccc2cc1-c1ccccn1.[c-]1cscc1-c1ccccn1. The second-order valence-electron chi connectivity index (χ2n) is 31.6. The zero-order valence-electron chi connectivity index (χ0n) is 78.4. The quantitative estimate of drug-likeness (QED) is 0.0794. The molecule has 0 fully saturated rings. The predicted molar refractivity (Wildman–Crippen MR) is 571 cm³/mol. The number of nitrogens with zero attached hydrogens (tertiary/aromatic N) is 10. The summed E-state index contributed by atoms with van der Waals surface area (Å²) in [5, 5.41) is 66.2. The van der Waals surface area contributed by atoms with E-state index in [9.17, 15) is 24.0 Å². The molecule has 0 unspecified atom stereocenters. The smallest absolute Gasteiger partial charge is 0.355 e. The number of hydrogen-bond acceptors (Lipinski definition) is 16. The van der Waals surface area contributed by atoms with Gasteiger partial charge in [0.25, 0.3) is 0 Å². The zero-order valence-corrected chi connectivity index (χ0v) is 91.1. The Bertz CT molecular complexity index is 8090. The summed E-state index contributed by atoms with van der Waals surface area (Å²) in [6.45, 7) is 0. The van der Waals surface area contributed by atoms with Gasteiger partial charge in [0.05, 0.1) is 11.0 Å². The predicted octanol–water partition coefficient (Wildman–Crippen LogP) is 28.2. The fourth-order valence-electron chi connectivity index (χ4n) is 15.0. The van der Waals surface area contributed by atoms with E-state index in [4.69, 9.17) is 30.5 Å². The van der Waals surface area contributed by atoms with Gasteiger partial charge in [-0.1, -0.05) is 324 Å². The zero-order chi connectivity index (χ0) is 99.6. The minimum absolute atomic E-state index is 0. The first-order valence-corrected chi connectivity index (χ1v) is 46.0. The van der Waals surface area contributed by atoms with Crippen LogP contribution in [0.4, 0.5) is 0 Å². The van der Waals surface area contributed by atoms with E-state index < -0.39 is 29.8 Å². The number of thiophene rings is 1. The average Bonchev–Trinajstić information content (AvgIpc) is 1.30. The van der Waals surface area contributed by atoms with E-state index >= 15 is 0 Å². The number of aromatic nitrogens is 10. The molecule has 0 aliphatic carbocycles. The molecule has 0 aliphatic rings. The number of hydrogen-bond donors (Lipinski definition) is 5. The van der Waals surface area contributed by atoms with E-state index in [0.29, 0.717) is 21.7 Å². The number of rotatable bonds is 10. The first kappa shape index (κ1) is 113. The van der Waals surface area contributed by atoms with Crippen LogP contribution < -0.4 is 0 Å². The number of para-hydroxylation sites is 2. The van der Waals surface area contributed by atoms with Crippen LogP contribution in [0.1, 0.15) is 52.4 Å². The maximum atomic E-state index is 10.8. The summed E-state index contributed by atoms with van der Waals surface area (Å²) >= 11 is 1.64. The van der Waals surface area contributed by atoms with Crippen molar-refractivity contribution in [3.63, 3.8) is 0 Å². The van der Waals surface area contributed by atoms with Crippen LogP contribution in [0.3, 0.4) is 0 Å². The molecule has 20 nitrogen and oxygen atoms in total. The topological polar surface area (TPSA) is 315 Å². The number of carboxylic acids is 5. The van der Waals surface area contributed by atoms with Crippen LogP contribution in [0.25, 0.3) is 164 Å². The third-order valence-corrected chi connectivity index (χ3v) is 22.7. The molecule has 25 rings (SSSR count). The van der Waals surface area contributed by atoms with Crippen LogP contribution in [-0.2, 0) is 101 Å². The van der Waals surface area contributed by atoms with Crippen molar-refractivity contribution in [2.24, 2.45) is 0 Å². The number of aromatic carboxylic acids is 5. The van der Waals surface area contributed by atoms with Crippen molar-refractivity contribution in [3.05, 3.63) is 532 Å². The molecule has 25 aromatic rings. The van der Waals surface area contributed by atoms with Crippen LogP contribution in [0.15, 0.2) is 473 Å². The fraction of sp³-hybridized carbons (Fsp3) is 0. The van der Waals surface area contributed by atoms with Crippen LogP contribution in [-0.4, -0.2) is 105 Å². The molecule has 11 aromatic heterocycles. The van der Waals surface area contributed by atoms with Gasteiger partial charge in [0.15, 0.2) is 17.1 Å². The van der Waals surface area contributed by atoms with Crippen molar-refractivity contribution in [2.75, 3.05) is 0 Å². The molecule has 0 atom stereocenters. The molecule has 0 bridgehead atoms. The summed E-state index contributed by atoms with van der Waals surface area (Å²) in [7, 11) is 0. The van der Waals surface area contributed by atoms with Gasteiger partial charge < -0.3 is 45.5 Å². The third-order valence-electron chi connectivity index (χ3n) is 22.1. The van der Waals surface area contributed by atoms with E-state index in [1.54, 1.807) is 115 Å². The molecule has 5 radical (unpaired) electrons. The van der Waals surface area contributed by atoms with Gasteiger partial charge in [-0.2, -0.15) is 11.6 Å². The summed E-state index contributed by atoms with van der Waals surface area (Å²) in [6.07, 6.45) is 13.3. The van der Waals surface area contributed by atoms with E-state index in [1.165, 1.54) is 67.7 Å². The molecule has 741 valence electrons. The third kappa shape index (κ3) is 31.3. The Morgan fingerprint density at radius 2 is 0.490 bits per heavy atom. The molecule has 0 saturated heterocycles. The first-order valence-electron chi connectivity index (χ1n) is 45.0. The Morgan fingerprint density at radius 1 is 0.208 bits per heavy atom. The Labute approximate surface area is 928 Å². The van der Waals surface area contributed by atoms with Crippen molar-refractivity contribution in [1.82, 2.24) is 49.8 Å². The van der Waals surface area contributed by atoms with E-state index in [-0.39, 0.29) is 129 Å². The maximum Gasteiger partial charge on any atom is 0.355 e. The molecule has 0 amide bonds. The van der Waals surface area contributed by atoms with Gasteiger partial charge in [-0.05, 0) is 122 Å². The van der Waals surface area contributed by atoms with E-state index in [0.717, 1.165) is 99.5 Å². The molecule has 0 spiro atoms. The average molecular weight is 2850 g/mol. The van der Waals surface area contributed by atoms with Crippen molar-refractivity contribution >= 4 is 149 Å². The van der Waals surface area contributed by atoms with Gasteiger partial charge in [0.1, 0.15) is 11.4 Å². The maximum absolute atomic E-state index is 10.8. The minimum Gasteiger partial charge on any atom is -0.477 e. The summed E-state index contributed by atoms with van der Waals surface area (Å²) in [5.74, 6) is -4.96. The van der Waals surface area contributed by atoms with Crippen molar-refractivity contribution < 1.29 is 150 Å². The van der Waals surface area contributed by atoms with Crippen LogP contribution in [0.2, 0.25) is 0 Å². The number of carbonyl (C=O) groups is 5. The Morgan fingerprint density at radius 3 is 0.812 bits per heavy atom. The largest absolute Gasteiger partial charge is 0.477 e. The molecule has 0 aliphatic heterocycles. The Hall–Kier alpha value is -16.5. The van der Waals surface area contributed by atoms with Crippen molar-refractivity contribution in [2.45, 2.75) is 0 Å². The van der Waals surface area contributed by atoms with Crippen LogP contribution >= 0.6 is 11.3 Å². The summed E-state index contributed by atoms with van der Waals surface area (Å²) in [6, 6.07) is 149. The number of benzene rings is 14. The monoisotopic (exact) mass is 2860 g/mol. The van der Waals surface area contributed by atoms with Gasteiger partial charge in [-0.25, -0.2) is 60.2 Å². The summed E-state index contributed by atoms with van der Waals surface area (Å²) in [5.41, 5.74) is 12.3. The number of carboxylic acid groups (broad SMARTS) is 5. The molecule has 149 heavy (non-hydrogen) atoms. The number of fused-ring (bicyclic) bond motifs is 10. The normalized spacial score (nSPS) is 10.0. The molecule has 5 N–H and O–H groups in total. The van der Waals surface area contributed by atoms with Gasteiger partial charge in [-0.3, -0.25) is 4.98 Å². The molecule has 0 saturated carbocycles. The molecular weight excluding hydrogens is 2770 g/mol. The van der Waals surface area contributed by atoms with Crippen LogP contribution in [0, 0.1) is 30.3 Å². The molecule has 14 aromatic carbocycles. The van der Waals surface area contributed by atoms with E-state index in [2.05, 4.69) is 172 Å². The van der Waals surface area contributed by atoms with Gasteiger partial charge in [-0.15, -0.1) is 122 Å². The fourth-order valence-corrected chi connectivity index (χ4v) is 15.6. The summed E-state index contributed by atoms with van der Waals surface area (Å²) < 4.78 is 0. The van der Waals surface area contributed by atoms with Crippen molar-refractivity contribution in [3.8, 4) is 56.3 Å². The first-order chi connectivity index (χ1) is 70.6. The standard InChI is InChI=1S/C19H12N.3C15H10N.5C10H7NO2.C9H6NS.5Ir/c1-2-7-16-13-17(10-9-14(16)5-1)19-12-11-15-6-3-4-8-18(15)20-19;3*1-2-6-13-11-14(9-8-12(13)5-1)15-7-3-4-10-16-15;12-10(13)9-5-7-3-1-2-4-8(7)6-11-9;3*12-10(13)9-8-4-2-1-3-7(8)5-6-11-9;12-10(13)9-6-5-7-3-1-2-4-8(7)11-9;1-2-5-10-9(3-1)8-4-6-11-7-8;;;;;/h1-9,11-13H;3*1-8,10-11H;5*1-6H,(H,12,13);1-3,5-7H;;;;;/q4*-1;;;;;;-1;;;;;. The Balaban J connectivity index is 0.000000157. The van der Waals surface area contributed by atoms with Gasteiger partial charge in [0.2, 0.25) is 0 Å². The van der Waals surface area contributed by atoms with Crippen molar-refractivity contribution in [1.29, 1.82) is 0 Å². The Kier molecular flexibility index (Phi) is 43.5. The summed E-state index contributed by atoms with van der Waals surface area (Å²) in [4.78, 5) is 94.5. The number of pyridine rings is 10. The van der Waals surface area contributed by atoms with Gasteiger partial charge >= 0.3 is 29.8 Å². The van der Waals surface area contributed by atoms with Gasteiger partial charge in [0, 0.05) is 177 Å². The second kappa shape index (κ2) is 57.4. The molecule has 11 heterocycles. The van der Waals surface area contributed by atoms with Crippen LogP contribution in [0.5, 0.6) is 0 Å². The second-order valence-corrected chi connectivity index (χ2v) is 32.3. The van der Waals surface area contributed by atoms with E-state index in [1.807, 2.05) is 247 Å².